The minimum absolute atomic E-state index is 0.128. The summed E-state index contributed by atoms with van der Waals surface area (Å²) in [5.74, 6) is 2.36. The SMILES string of the molecule is [N-]=[N+]=C1CC2C3CCC3C2C1=O. The summed E-state index contributed by atoms with van der Waals surface area (Å²) in [6.45, 7) is 0. The number of carbonyl (C=O) groups excluding carboxylic acids is 1. The van der Waals surface area contributed by atoms with Gasteiger partial charge in [-0.2, -0.15) is 4.79 Å². The van der Waals surface area contributed by atoms with Crippen molar-refractivity contribution in [2.45, 2.75) is 19.3 Å². The number of rotatable bonds is 0. The summed E-state index contributed by atoms with van der Waals surface area (Å²) in [7, 11) is 0. The van der Waals surface area contributed by atoms with Crippen LogP contribution in [-0.2, 0) is 4.79 Å². The van der Waals surface area contributed by atoms with Crippen LogP contribution in [0.2, 0.25) is 0 Å². The Morgan fingerprint density at radius 1 is 1.25 bits per heavy atom. The Labute approximate surface area is 70.4 Å². The van der Waals surface area contributed by atoms with Gasteiger partial charge in [0.1, 0.15) is 0 Å². The average Bonchev–Trinajstić information content (AvgIpc) is 2.28. The van der Waals surface area contributed by atoms with E-state index in [-0.39, 0.29) is 11.7 Å². The molecule has 0 radical (unpaired) electrons. The lowest BCUT2D eigenvalue weighted by Gasteiger charge is -2.55. The van der Waals surface area contributed by atoms with E-state index in [0.29, 0.717) is 17.5 Å². The molecule has 3 fully saturated rings. The van der Waals surface area contributed by atoms with Gasteiger partial charge in [-0.25, -0.2) is 0 Å². The molecule has 0 heterocycles. The molecule has 0 aromatic heterocycles. The van der Waals surface area contributed by atoms with Crippen molar-refractivity contribution in [3.05, 3.63) is 5.53 Å². The molecule has 3 rings (SSSR count). The van der Waals surface area contributed by atoms with Gasteiger partial charge in [0.15, 0.2) is 0 Å². The average molecular weight is 162 g/mol. The van der Waals surface area contributed by atoms with Gasteiger partial charge in [-0.1, -0.05) is 0 Å². The summed E-state index contributed by atoms with van der Waals surface area (Å²) in [5, 5.41) is 0. The molecule has 3 heteroatoms. The summed E-state index contributed by atoms with van der Waals surface area (Å²) in [6.07, 6.45) is 3.25. The van der Waals surface area contributed by atoms with Crippen molar-refractivity contribution < 1.29 is 9.58 Å². The van der Waals surface area contributed by atoms with Crippen molar-refractivity contribution in [2.75, 3.05) is 0 Å². The number of hydrogen-bond acceptors (Lipinski definition) is 1. The number of ketones is 1. The molecule has 0 N–H and O–H groups in total. The molecule has 0 saturated heterocycles. The first kappa shape index (κ1) is 6.55. The van der Waals surface area contributed by atoms with E-state index in [4.69, 9.17) is 5.53 Å². The van der Waals surface area contributed by atoms with Crippen LogP contribution in [0.1, 0.15) is 19.3 Å². The Morgan fingerprint density at radius 3 is 2.50 bits per heavy atom. The molecule has 4 unspecified atom stereocenters. The third kappa shape index (κ3) is 0.506. The van der Waals surface area contributed by atoms with Gasteiger partial charge in [0.05, 0.1) is 6.42 Å². The van der Waals surface area contributed by atoms with Gasteiger partial charge < -0.3 is 5.53 Å². The Morgan fingerprint density at radius 2 is 2.00 bits per heavy atom. The predicted octanol–water partition coefficient (Wildman–Crippen LogP) is 0.902. The highest BCUT2D eigenvalue weighted by molar-refractivity contribution is 6.40. The number of carbonyl (C=O) groups is 1. The van der Waals surface area contributed by atoms with Crippen molar-refractivity contribution in [1.82, 2.24) is 0 Å². The largest absolute Gasteiger partial charge is 0.361 e. The molecule has 62 valence electrons. The van der Waals surface area contributed by atoms with Gasteiger partial charge in [-0.15, -0.1) is 0 Å². The lowest BCUT2D eigenvalue weighted by Crippen LogP contribution is -2.52. The molecule has 0 amide bonds. The van der Waals surface area contributed by atoms with Gasteiger partial charge in [-0.3, -0.25) is 4.79 Å². The van der Waals surface area contributed by atoms with Crippen LogP contribution in [0.3, 0.4) is 0 Å². The molecule has 0 bridgehead atoms. The molecular formula is C9H10N2O. The molecular weight excluding hydrogens is 152 g/mol. The minimum atomic E-state index is 0.128. The standard InChI is InChI=1S/C9H10N2O/c10-11-7-3-6-4-1-2-5(4)8(6)9(7)12/h4-6,8H,1-3H2. The topological polar surface area (TPSA) is 53.5 Å². The lowest BCUT2D eigenvalue weighted by molar-refractivity contribution is -0.139. The second-order valence-electron chi connectivity index (χ2n) is 4.21. The summed E-state index contributed by atoms with van der Waals surface area (Å²) >= 11 is 0. The van der Waals surface area contributed by atoms with E-state index >= 15 is 0 Å². The monoisotopic (exact) mass is 162 g/mol. The van der Waals surface area contributed by atoms with E-state index in [0.717, 1.165) is 12.3 Å². The van der Waals surface area contributed by atoms with Crippen LogP contribution in [0.4, 0.5) is 0 Å². The number of fused-ring (bicyclic) bond motifs is 4. The van der Waals surface area contributed by atoms with E-state index in [2.05, 4.69) is 4.79 Å². The molecule has 0 aromatic rings. The Bertz CT molecular complexity index is 316. The minimum Gasteiger partial charge on any atom is -0.361 e. The van der Waals surface area contributed by atoms with Crippen LogP contribution < -0.4 is 0 Å². The second-order valence-corrected chi connectivity index (χ2v) is 4.21. The molecule has 4 atom stereocenters. The summed E-state index contributed by atoms with van der Waals surface area (Å²) in [6, 6.07) is 0. The molecule has 3 nitrogen and oxygen atoms in total. The highest BCUT2D eigenvalue weighted by Gasteiger charge is 2.64. The fourth-order valence-electron chi connectivity index (χ4n) is 3.24. The zero-order valence-corrected chi connectivity index (χ0v) is 6.73. The maximum absolute atomic E-state index is 11.5. The van der Waals surface area contributed by atoms with Crippen molar-refractivity contribution in [1.29, 1.82) is 0 Å². The first-order valence-electron chi connectivity index (χ1n) is 4.58. The third-order valence-corrected chi connectivity index (χ3v) is 3.99. The first-order valence-corrected chi connectivity index (χ1v) is 4.58. The van der Waals surface area contributed by atoms with Gasteiger partial charge in [0, 0.05) is 5.92 Å². The highest BCUT2D eigenvalue weighted by atomic mass is 16.1. The summed E-state index contributed by atoms with van der Waals surface area (Å²) < 4.78 is 0. The van der Waals surface area contributed by atoms with Crippen molar-refractivity contribution in [3.8, 4) is 0 Å². The number of Topliss-reactive ketones (excluding diaryl/α,β-unsaturated/α-hetero) is 1. The van der Waals surface area contributed by atoms with Crippen LogP contribution in [0.15, 0.2) is 0 Å². The van der Waals surface area contributed by atoms with Gasteiger partial charge in [0.2, 0.25) is 5.78 Å². The van der Waals surface area contributed by atoms with Crippen LogP contribution in [-0.4, -0.2) is 16.3 Å². The zero-order chi connectivity index (χ0) is 8.29. The van der Waals surface area contributed by atoms with Crippen molar-refractivity contribution >= 4 is 11.5 Å². The van der Waals surface area contributed by atoms with Crippen molar-refractivity contribution in [2.24, 2.45) is 23.7 Å². The molecule has 12 heavy (non-hydrogen) atoms. The smallest absolute Gasteiger partial charge is 0.335 e. The van der Waals surface area contributed by atoms with Crippen LogP contribution in [0, 0.1) is 23.7 Å². The highest BCUT2D eigenvalue weighted by Crippen LogP contribution is 2.62. The summed E-state index contributed by atoms with van der Waals surface area (Å²) in [4.78, 5) is 14.6. The molecule has 3 aliphatic carbocycles. The van der Waals surface area contributed by atoms with E-state index in [1.165, 1.54) is 12.8 Å². The quantitative estimate of drug-likeness (QED) is 0.385. The van der Waals surface area contributed by atoms with E-state index < -0.39 is 0 Å². The molecule has 3 saturated carbocycles. The Kier molecular flexibility index (Phi) is 1.01. The van der Waals surface area contributed by atoms with Crippen LogP contribution >= 0.6 is 0 Å². The Hall–Kier alpha value is -0.950. The summed E-state index contributed by atoms with van der Waals surface area (Å²) in [5.41, 5.74) is 8.99. The fourth-order valence-corrected chi connectivity index (χ4v) is 3.24. The molecule has 0 aromatic carbocycles. The molecule has 0 spiro atoms. The number of nitrogens with zero attached hydrogens (tertiary/aromatic N) is 2. The fraction of sp³-hybridized carbons (Fsp3) is 0.778. The maximum atomic E-state index is 11.5. The normalized spacial score (nSPS) is 48.7. The Balaban J connectivity index is 1.97. The van der Waals surface area contributed by atoms with E-state index in [1.807, 2.05) is 0 Å². The predicted molar refractivity (Wildman–Crippen MR) is 41.4 cm³/mol. The zero-order valence-electron chi connectivity index (χ0n) is 6.73. The van der Waals surface area contributed by atoms with Gasteiger partial charge >= 0.3 is 5.71 Å². The van der Waals surface area contributed by atoms with E-state index in [9.17, 15) is 4.79 Å². The lowest BCUT2D eigenvalue weighted by atomic mass is 9.48. The molecule has 0 aliphatic heterocycles. The number of hydrogen-bond donors (Lipinski definition) is 0. The van der Waals surface area contributed by atoms with Gasteiger partial charge in [-0.05, 0) is 30.6 Å². The van der Waals surface area contributed by atoms with E-state index in [1.54, 1.807) is 0 Å². The van der Waals surface area contributed by atoms with Gasteiger partial charge in [0.25, 0.3) is 0 Å². The first-order chi connectivity index (χ1) is 5.83. The maximum Gasteiger partial charge on any atom is 0.335 e. The third-order valence-electron chi connectivity index (χ3n) is 3.99. The van der Waals surface area contributed by atoms with Crippen LogP contribution in [0.5, 0.6) is 0 Å². The van der Waals surface area contributed by atoms with Crippen molar-refractivity contribution in [3.63, 3.8) is 0 Å². The second kappa shape index (κ2) is 1.86. The van der Waals surface area contributed by atoms with Crippen LogP contribution in [0.25, 0.3) is 5.53 Å². The molecule has 3 aliphatic rings.